The molecule has 0 radical (unpaired) electrons. The summed E-state index contributed by atoms with van der Waals surface area (Å²) in [5, 5.41) is 7.32. The second-order valence-electron chi connectivity index (χ2n) is 5.50. The van der Waals surface area contributed by atoms with Gasteiger partial charge in [-0.05, 0) is 29.8 Å². The molecular formula is C19H16ClN3O3. The summed E-state index contributed by atoms with van der Waals surface area (Å²) in [5.74, 6) is 0.00716. The van der Waals surface area contributed by atoms with Gasteiger partial charge < -0.3 is 10.1 Å². The molecule has 0 bridgehead atoms. The molecule has 6 nitrogen and oxygen atoms in total. The average molecular weight is 370 g/mol. The monoisotopic (exact) mass is 369 g/mol. The van der Waals surface area contributed by atoms with Crippen LogP contribution >= 0.6 is 11.6 Å². The molecule has 0 atom stereocenters. The molecule has 1 N–H and O–H groups in total. The molecule has 3 aromatic rings. The van der Waals surface area contributed by atoms with E-state index >= 15 is 0 Å². The Morgan fingerprint density at radius 1 is 1.15 bits per heavy atom. The van der Waals surface area contributed by atoms with E-state index in [0.717, 1.165) is 5.56 Å². The van der Waals surface area contributed by atoms with E-state index in [1.165, 1.54) is 23.9 Å². The zero-order valence-electron chi connectivity index (χ0n) is 14.0. The summed E-state index contributed by atoms with van der Waals surface area (Å²) < 4.78 is 6.46. The zero-order chi connectivity index (χ0) is 18.5. The molecule has 1 aromatic heterocycles. The molecule has 3 rings (SSSR count). The van der Waals surface area contributed by atoms with Crippen molar-refractivity contribution in [2.24, 2.45) is 0 Å². The highest BCUT2D eigenvalue weighted by atomic mass is 35.5. The summed E-state index contributed by atoms with van der Waals surface area (Å²) in [6.07, 6.45) is 0. The first-order valence-corrected chi connectivity index (χ1v) is 8.21. The Morgan fingerprint density at radius 3 is 2.65 bits per heavy atom. The third kappa shape index (κ3) is 4.10. The molecule has 0 aliphatic heterocycles. The van der Waals surface area contributed by atoms with Gasteiger partial charge >= 0.3 is 0 Å². The number of methoxy groups -OCH3 is 1. The van der Waals surface area contributed by atoms with Crippen LogP contribution in [0.25, 0.3) is 0 Å². The van der Waals surface area contributed by atoms with Crippen LogP contribution in [0.3, 0.4) is 0 Å². The minimum Gasteiger partial charge on any atom is -0.495 e. The van der Waals surface area contributed by atoms with Crippen LogP contribution in [0.15, 0.2) is 65.5 Å². The summed E-state index contributed by atoms with van der Waals surface area (Å²) in [5.41, 5.74) is 1.16. The number of halogens is 1. The van der Waals surface area contributed by atoms with E-state index in [9.17, 15) is 9.59 Å². The molecule has 26 heavy (non-hydrogen) atoms. The van der Waals surface area contributed by atoms with E-state index in [2.05, 4.69) is 10.4 Å². The number of hydrogen-bond acceptors (Lipinski definition) is 4. The van der Waals surface area contributed by atoms with E-state index in [1.807, 2.05) is 30.3 Å². The smallest absolute Gasteiger partial charge is 0.276 e. The Balaban J connectivity index is 1.85. The van der Waals surface area contributed by atoms with Crippen LogP contribution in [0.5, 0.6) is 5.75 Å². The molecule has 0 aliphatic rings. The molecule has 7 heteroatoms. The van der Waals surface area contributed by atoms with Gasteiger partial charge in [0.25, 0.3) is 11.5 Å². The number of hydrogen-bond donors (Lipinski definition) is 1. The Bertz CT molecular complexity index is 987. The third-order valence-electron chi connectivity index (χ3n) is 3.68. The lowest BCUT2D eigenvalue weighted by Gasteiger charge is -2.11. The largest absolute Gasteiger partial charge is 0.495 e. The standard InChI is InChI=1S/C19H16ClN3O3/c1-26-17-9-7-14(20)11-16(17)21-19(25)15-8-10-18(24)23(22-15)12-13-5-3-2-4-6-13/h2-11H,12H2,1H3,(H,21,25). The van der Waals surface area contributed by atoms with Crippen LogP contribution in [0.4, 0.5) is 5.69 Å². The van der Waals surface area contributed by atoms with Gasteiger partial charge in [-0.3, -0.25) is 9.59 Å². The number of amides is 1. The van der Waals surface area contributed by atoms with E-state index in [0.29, 0.717) is 16.5 Å². The van der Waals surface area contributed by atoms with Crippen molar-refractivity contribution < 1.29 is 9.53 Å². The highest BCUT2D eigenvalue weighted by molar-refractivity contribution is 6.31. The van der Waals surface area contributed by atoms with Gasteiger partial charge in [-0.1, -0.05) is 41.9 Å². The first kappa shape index (κ1) is 17.7. The van der Waals surface area contributed by atoms with Gasteiger partial charge in [0.05, 0.1) is 19.3 Å². The van der Waals surface area contributed by atoms with Gasteiger partial charge in [-0.2, -0.15) is 5.10 Å². The maximum atomic E-state index is 12.5. The molecule has 1 amide bonds. The normalized spacial score (nSPS) is 10.4. The minimum absolute atomic E-state index is 0.113. The quantitative estimate of drug-likeness (QED) is 0.749. The summed E-state index contributed by atoms with van der Waals surface area (Å²) >= 11 is 5.97. The fourth-order valence-electron chi connectivity index (χ4n) is 2.40. The Kier molecular flexibility index (Phi) is 5.34. The summed E-state index contributed by atoms with van der Waals surface area (Å²) in [6, 6.07) is 17.0. The SMILES string of the molecule is COc1ccc(Cl)cc1NC(=O)c1ccc(=O)n(Cc2ccccc2)n1. The van der Waals surface area contributed by atoms with Crippen molar-refractivity contribution >= 4 is 23.2 Å². The van der Waals surface area contributed by atoms with E-state index in [1.54, 1.807) is 18.2 Å². The predicted octanol–water partition coefficient (Wildman–Crippen LogP) is 3.21. The summed E-state index contributed by atoms with van der Waals surface area (Å²) in [6.45, 7) is 0.279. The molecular weight excluding hydrogens is 354 g/mol. The number of nitrogens with one attached hydrogen (secondary N) is 1. The highest BCUT2D eigenvalue weighted by Crippen LogP contribution is 2.27. The van der Waals surface area contributed by atoms with E-state index in [4.69, 9.17) is 16.3 Å². The van der Waals surface area contributed by atoms with Crippen molar-refractivity contribution in [1.29, 1.82) is 0 Å². The van der Waals surface area contributed by atoms with Crippen LogP contribution in [0, 0.1) is 0 Å². The van der Waals surface area contributed by atoms with Crippen molar-refractivity contribution in [3.05, 3.63) is 87.3 Å². The van der Waals surface area contributed by atoms with Crippen molar-refractivity contribution in [2.75, 3.05) is 12.4 Å². The lowest BCUT2D eigenvalue weighted by atomic mass is 10.2. The van der Waals surface area contributed by atoms with Gasteiger partial charge in [-0.25, -0.2) is 4.68 Å². The maximum absolute atomic E-state index is 12.5. The van der Waals surface area contributed by atoms with Gasteiger partial charge in [-0.15, -0.1) is 0 Å². The molecule has 0 saturated heterocycles. The molecule has 0 aliphatic carbocycles. The number of aromatic nitrogens is 2. The lowest BCUT2D eigenvalue weighted by molar-refractivity contribution is 0.101. The lowest BCUT2D eigenvalue weighted by Crippen LogP contribution is -2.26. The van der Waals surface area contributed by atoms with Crippen molar-refractivity contribution in [3.8, 4) is 5.75 Å². The van der Waals surface area contributed by atoms with Crippen molar-refractivity contribution in [1.82, 2.24) is 9.78 Å². The number of anilines is 1. The van der Waals surface area contributed by atoms with Crippen molar-refractivity contribution in [3.63, 3.8) is 0 Å². The number of rotatable bonds is 5. The minimum atomic E-state index is -0.465. The molecule has 0 unspecified atom stereocenters. The Labute approximate surface area is 155 Å². The number of nitrogens with zero attached hydrogens (tertiary/aromatic N) is 2. The third-order valence-corrected chi connectivity index (χ3v) is 3.92. The van der Waals surface area contributed by atoms with E-state index in [-0.39, 0.29) is 17.8 Å². The first-order chi connectivity index (χ1) is 12.6. The average Bonchev–Trinajstić information content (AvgIpc) is 2.64. The van der Waals surface area contributed by atoms with Gasteiger partial charge in [0, 0.05) is 11.1 Å². The van der Waals surface area contributed by atoms with Crippen molar-refractivity contribution in [2.45, 2.75) is 6.54 Å². The summed E-state index contributed by atoms with van der Waals surface area (Å²) in [4.78, 5) is 24.6. The summed E-state index contributed by atoms with van der Waals surface area (Å²) in [7, 11) is 1.50. The predicted molar refractivity (Wildman–Crippen MR) is 100.0 cm³/mol. The number of benzene rings is 2. The first-order valence-electron chi connectivity index (χ1n) is 7.84. The molecule has 1 heterocycles. The van der Waals surface area contributed by atoms with Gasteiger partial charge in [0.15, 0.2) is 0 Å². The topological polar surface area (TPSA) is 73.2 Å². The zero-order valence-corrected chi connectivity index (χ0v) is 14.7. The Morgan fingerprint density at radius 2 is 1.92 bits per heavy atom. The molecule has 0 spiro atoms. The molecule has 0 fully saturated rings. The highest BCUT2D eigenvalue weighted by Gasteiger charge is 2.13. The van der Waals surface area contributed by atoms with Crippen LogP contribution < -0.4 is 15.6 Å². The number of ether oxygens (including phenoxy) is 1. The fraction of sp³-hybridized carbons (Fsp3) is 0.105. The van der Waals surface area contributed by atoms with Crippen LogP contribution in [0.2, 0.25) is 5.02 Å². The van der Waals surface area contributed by atoms with Crippen LogP contribution in [0.1, 0.15) is 16.1 Å². The van der Waals surface area contributed by atoms with Gasteiger partial charge in [0.1, 0.15) is 11.4 Å². The van der Waals surface area contributed by atoms with Crippen LogP contribution in [-0.2, 0) is 6.54 Å². The van der Waals surface area contributed by atoms with Gasteiger partial charge in [0.2, 0.25) is 0 Å². The second kappa shape index (κ2) is 7.84. The fourth-order valence-corrected chi connectivity index (χ4v) is 2.58. The molecule has 132 valence electrons. The number of carbonyl (C=O) groups excluding carboxylic acids is 1. The maximum Gasteiger partial charge on any atom is 0.276 e. The second-order valence-corrected chi connectivity index (χ2v) is 5.94. The number of carbonyl (C=O) groups is 1. The van der Waals surface area contributed by atoms with Crippen LogP contribution in [-0.4, -0.2) is 22.8 Å². The van der Waals surface area contributed by atoms with E-state index < -0.39 is 5.91 Å². The molecule has 0 saturated carbocycles. The Hall–Kier alpha value is -3.12. The molecule has 2 aromatic carbocycles.